The smallest absolute Gasteiger partial charge is 0.00436 e. The summed E-state index contributed by atoms with van der Waals surface area (Å²) in [7, 11) is 0. The van der Waals surface area contributed by atoms with Crippen molar-refractivity contribution in [1.29, 1.82) is 0 Å². The van der Waals surface area contributed by atoms with Crippen molar-refractivity contribution in [3.05, 3.63) is 0 Å². The monoisotopic (exact) mass is 111 g/mol. The third-order valence-electron chi connectivity index (χ3n) is 3.03. The molecule has 0 amide bonds. The van der Waals surface area contributed by atoms with Crippen LogP contribution in [0.15, 0.2) is 0 Å². The van der Waals surface area contributed by atoms with Crippen molar-refractivity contribution >= 4 is 0 Å². The van der Waals surface area contributed by atoms with Gasteiger partial charge >= 0.3 is 0 Å². The molecule has 1 heteroatoms. The summed E-state index contributed by atoms with van der Waals surface area (Å²) >= 11 is 0. The standard InChI is InChI=1S/C7H13N/c8-5-6-1-2-7(6)3-4-7/h6H,1-5,8H2. The third kappa shape index (κ3) is 0.408. The summed E-state index contributed by atoms with van der Waals surface area (Å²) in [4.78, 5) is 0. The van der Waals surface area contributed by atoms with Gasteiger partial charge in [-0.1, -0.05) is 0 Å². The van der Waals surface area contributed by atoms with Gasteiger partial charge in [0.2, 0.25) is 0 Å². The molecule has 8 heavy (non-hydrogen) atoms. The van der Waals surface area contributed by atoms with Crippen LogP contribution in [-0.2, 0) is 0 Å². The summed E-state index contributed by atoms with van der Waals surface area (Å²) in [6.07, 6.45) is 5.86. The van der Waals surface area contributed by atoms with E-state index in [-0.39, 0.29) is 0 Å². The summed E-state index contributed by atoms with van der Waals surface area (Å²) in [5, 5.41) is 0. The molecule has 1 nitrogen and oxygen atoms in total. The van der Waals surface area contributed by atoms with Crippen molar-refractivity contribution < 1.29 is 0 Å². The zero-order valence-corrected chi connectivity index (χ0v) is 5.19. The van der Waals surface area contributed by atoms with Gasteiger partial charge in [-0.3, -0.25) is 0 Å². The zero-order valence-electron chi connectivity index (χ0n) is 5.19. The van der Waals surface area contributed by atoms with Crippen LogP contribution in [0.1, 0.15) is 25.7 Å². The van der Waals surface area contributed by atoms with E-state index in [1.54, 1.807) is 0 Å². The summed E-state index contributed by atoms with van der Waals surface area (Å²) in [6.45, 7) is 0.944. The molecular weight excluding hydrogens is 98.1 g/mol. The van der Waals surface area contributed by atoms with Crippen LogP contribution in [0.4, 0.5) is 0 Å². The topological polar surface area (TPSA) is 26.0 Å². The number of nitrogens with two attached hydrogens (primary N) is 1. The summed E-state index contributed by atoms with van der Waals surface area (Å²) < 4.78 is 0. The largest absolute Gasteiger partial charge is 0.330 e. The van der Waals surface area contributed by atoms with Gasteiger partial charge in [0, 0.05) is 0 Å². The first kappa shape index (κ1) is 4.80. The molecule has 2 fully saturated rings. The van der Waals surface area contributed by atoms with Crippen LogP contribution in [0.2, 0.25) is 0 Å². The van der Waals surface area contributed by atoms with Gasteiger partial charge in [-0.2, -0.15) is 0 Å². The summed E-state index contributed by atoms with van der Waals surface area (Å²) in [5.41, 5.74) is 6.36. The summed E-state index contributed by atoms with van der Waals surface area (Å²) in [5.74, 6) is 0.919. The van der Waals surface area contributed by atoms with Crippen molar-refractivity contribution in [2.45, 2.75) is 25.7 Å². The van der Waals surface area contributed by atoms with Crippen LogP contribution >= 0.6 is 0 Å². The second-order valence-corrected chi connectivity index (χ2v) is 3.33. The molecule has 2 rings (SSSR count). The predicted molar refractivity (Wildman–Crippen MR) is 33.4 cm³/mol. The molecule has 0 bridgehead atoms. The Balaban J connectivity index is 1.98. The van der Waals surface area contributed by atoms with Crippen LogP contribution < -0.4 is 5.73 Å². The lowest BCUT2D eigenvalue weighted by Crippen LogP contribution is -2.33. The van der Waals surface area contributed by atoms with E-state index in [9.17, 15) is 0 Å². The van der Waals surface area contributed by atoms with E-state index in [4.69, 9.17) is 5.73 Å². The minimum absolute atomic E-state index is 0.814. The summed E-state index contributed by atoms with van der Waals surface area (Å²) in [6, 6.07) is 0. The van der Waals surface area contributed by atoms with Crippen LogP contribution in [0.25, 0.3) is 0 Å². The highest BCUT2D eigenvalue weighted by Crippen LogP contribution is 2.63. The highest BCUT2D eigenvalue weighted by Gasteiger charge is 2.54. The molecular formula is C7H13N. The van der Waals surface area contributed by atoms with E-state index in [0.29, 0.717) is 0 Å². The van der Waals surface area contributed by atoms with Crippen molar-refractivity contribution in [2.75, 3.05) is 6.54 Å². The fourth-order valence-electron chi connectivity index (χ4n) is 1.94. The van der Waals surface area contributed by atoms with Gasteiger partial charge in [-0.25, -0.2) is 0 Å². The van der Waals surface area contributed by atoms with Gasteiger partial charge in [-0.15, -0.1) is 0 Å². The van der Waals surface area contributed by atoms with E-state index < -0.39 is 0 Å². The van der Waals surface area contributed by atoms with Crippen LogP contribution in [0.5, 0.6) is 0 Å². The SMILES string of the molecule is NCC1CCC12CC2. The second kappa shape index (κ2) is 1.27. The first-order valence-corrected chi connectivity index (χ1v) is 3.57. The molecule has 1 spiro atoms. The van der Waals surface area contributed by atoms with E-state index in [1.165, 1.54) is 25.7 Å². The average Bonchev–Trinajstić information content (AvgIpc) is 2.42. The predicted octanol–water partition coefficient (Wildman–Crippen LogP) is 1.14. The third-order valence-corrected chi connectivity index (χ3v) is 3.03. The first-order valence-electron chi connectivity index (χ1n) is 3.57. The Kier molecular flexibility index (Phi) is 0.762. The molecule has 0 radical (unpaired) electrons. The molecule has 1 unspecified atom stereocenters. The maximum atomic E-state index is 5.55. The molecule has 2 N–H and O–H groups in total. The lowest BCUT2D eigenvalue weighted by Gasteiger charge is -2.36. The average molecular weight is 111 g/mol. The minimum Gasteiger partial charge on any atom is -0.330 e. The Morgan fingerprint density at radius 2 is 2.12 bits per heavy atom. The Labute approximate surface area is 50.3 Å². The number of hydrogen-bond acceptors (Lipinski definition) is 1. The zero-order chi connectivity index (χ0) is 5.61. The van der Waals surface area contributed by atoms with Crippen molar-refractivity contribution in [1.82, 2.24) is 0 Å². The van der Waals surface area contributed by atoms with E-state index >= 15 is 0 Å². The van der Waals surface area contributed by atoms with E-state index in [0.717, 1.165) is 17.9 Å². The van der Waals surface area contributed by atoms with E-state index in [1.807, 2.05) is 0 Å². The number of rotatable bonds is 1. The van der Waals surface area contributed by atoms with Gasteiger partial charge in [0.1, 0.15) is 0 Å². The van der Waals surface area contributed by atoms with Crippen LogP contribution in [-0.4, -0.2) is 6.54 Å². The minimum atomic E-state index is 0.814. The fraction of sp³-hybridized carbons (Fsp3) is 1.00. The van der Waals surface area contributed by atoms with Crippen LogP contribution in [0, 0.1) is 11.3 Å². The molecule has 0 aromatic heterocycles. The maximum Gasteiger partial charge on any atom is -0.00436 e. The van der Waals surface area contributed by atoms with Gasteiger partial charge in [0.15, 0.2) is 0 Å². The molecule has 2 aliphatic carbocycles. The number of hydrogen-bond donors (Lipinski definition) is 1. The molecule has 46 valence electrons. The fourth-order valence-corrected chi connectivity index (χ4v) is 1.94. The highest BCUT2D eigenvalue weighted by molar-refractivity contribution is 5.05. The molecule has 0 aromatic carbocycles. The Hall–Kier alpha value is -0.0400. The van der Waals surface area contributed by atoms with Crippen molar-refractivity contribution in [2.24, 2.45) is 17.1 Å². The van der Waals surface area contributed by atoms with Crippen LogP contribution in [0.3, 0.4) is 0 Å². The van der Waals surface area contributed by atoms with Gasteiger partial charge in [0.25, 0.3) is 0 Å². The van der Waals surface area contributed by atoms with Gasteiger partial charge < -0.3 is 5.73 Å². The van der Waals surface area contributed by atoms with E-state index in [2.05, 4.69) is 0 Å². The molecule has 0 heterocycles. The molecule has 2 aliphatic rings. The maximum absolute atomic E-state index is 5.55. The van der Waals surface area contributed by atoms with Crippen molar-refractivity contribution in [3.63, 3.8) is 0 Å². The first-order chi connectivity index (χ1) is 3.87. The molecule has 2 saturated carbocycles. The highest BCUT2D eigenvalue weighted by atomic mass is 14.7. The normalized spacial score (nSPS) is 39.4. The lowest BCUT2D eigenvalue weighted by atomic mass is 9.70. The quantitative estimate of drug-likeness (QED) is 0.539. The second-order valence-electron chi connectivity index (χ2n) is 3.33. The van der Waals surface area contributed by atoms with Gasteiger partial charge in [-0.05, 0) is 43.6 Å². The molecule has 0 saturated heterocycles. The Morgan fingerprint density at radius 1 is 1.38 bits per heavy atom. The molecule has 0 aliphatic heterocycles. The van der Waals surface area contributed by atoms with Crippen molar-refractivity contribution in [3.8, 4) is 0 Å². The molecule has 0 aromatic rings. The Morgan fingerprint density at radius 3 is 2.25 bits per heavy atom. The van der Waals surface area contributed by atoms with Gasteiger partial charge in [0.05, 0.1) is 0 Å². The molecule has 1 atom stereocenters. The Bertz CT molecular complexity index is 103. The lowest BCUT2D eigenvalue weighted by molar-refractivity contribution is 0.157.